The predicted octanol–water partition coefficient (Wildman–Crippen LogP) is 3.71. The summed E-state index contributed by atoms with van der Waals surface area (Å²) in [6.07, 6.45) is 6.37. The van der Waals surface area contributed by atoms with Gasteiger partial charge in [0.2, 0.25) is 5.13 Å². The lowest BCUT2D eigenvalue weighted by Gasteiger charge is -2.18. The number of carbonyl (C=O) groups excluding carboxylic acids is 1. The van der Waals surface area contributed by atoms with Gasteiger partial charge in [0.15, 0.2) is 9.84 Å². The molecule has 0 unspecified atom stereocenters. The molecule has 0 atom stereocenters. The zero-order valence-corrected chi connectivity index (χ0v) is 17.4. The molecule has 1 fully saturated rings. The SMILES string of the molecule is O=C(NCCCS(=O)(=O)Cc1ccccc1)Nc1nnc(C2CCCCC2)s1. The third-order valence-corrected chi connectivity index (χ3v) is 7.45. The van der Waals surface area contributed by atoms with Gasteiger partial charge in [0.1, 0.15) is 5.01 Å². The summed E-state index contributed by atoms with van der Waals surface area (Å²) in [5, 5.41) is 15.1. The van der Waals surface area contributed by atoms with Crippen molar-refractivity contribution in [1.29, 1.82) is 0 Å². The topological polar surface area (TPSA) is 101 Å². The van der Waals surface area contributed by atoms with E-state index in [0.29, 0.717) is 17.5 Å². The maximum atomic E-state index is 12.1. The predicted molar refractivity (Wildman–Crippen MR) is 111 cm³/mol. The summed E-state index contributed by atoms with van der Waals surface area (Å²) in [6, 6.07) is 8.72. The lowest BCUT2D eigenvalue weighted by atomic mass is 9.90. The maximum absolute atomic E-state index is 12.1. The molecular weight excluding hydrogens is 396 g/mol. The molecule has 2 amide bonds. The highest BCUT2D eigenvalue weighted by molar-refractivity contribution is 7.90. The second-order valence-corrected chi connectivity index (χ2v) is 10.3. The van der Waals surface area contributed by atoms with Crippen molar-refractivity contribution in [2.45, 2.75) is 50.2 Å². The van der Waals surface area contributed by atoms with Gasteiger partial charge in [-0.3, -0.25) is 5.32 Å². The van der Waals surface area contributed by atoms with Gasteiger partial charge in [-0.2, -0.15) is 0 Å². The zero-order valence-electron chi connectivity index (χ0n) is 15.8. The molecule has 1 aromatic heterocycles. The Kier molecular flexibility index (Phi) is 7.38. The van der Waals surface area contributed by atoms with Crippen molar-refractivity contribution in [2.24, 2.45) is 0 Å². The fourth-order valence-electron chi connectivity index (χ4n) is 3.34. The molecule has 7 nitrogen and oxygen atoms in total. The molecule has 1 aliphatic carbocycles. The number of rotatable bonds is 8. The molecule has 1 heterocycles. The first-order valence-corrected chi connectivity index (χ1v) is 12.3. The van der Waals surface area contributed by atoms with Crippen LogP contribution in [0.25, 0.3) is 0 Å². The van der Waals surface area contributed by atoms with E-state index in [9.17, 15) is 13.2 Å². The van der Waals surface area contributed by atoms with Crippen LogP contribution in [0, 0.1) is 0 Å². The normalized spacial score (nSPS) is 15.3. The van der Waals surface area contributed by atoms with E-state index in [1.54, 1.807) is 12.1 Å². The van der Waals surface area contributed by atoms with Gasteiger partial charge in [0, 0.05) is 12.5 Å². The molecule has 0 saturated heterocycles. The second kappa shape index (κ2) is 9.97. The van der Waals surface area contributed by atoms with Crippen molar-refractivity contribution < 1.29 is 13.2 Å². The Morgan fingerprint density at radius 2 is 1.86 bits per heavy atom. The molecule has 9 heteroatoms. The van der Waals surface area contributed by atoms with E-state index in [2.05, 4.69) is 20.8 Å². The second-order valence-electron chi connectivity index (χ2n) is 7.09. The van der Waals surface area contributed by atoms with Crippen LogP contribution in [0.2, 0.25) is 0 Å². The highest BCUT2D eigenvalue weighted by Crippen LogP contribution is 2.35. The Morgan fingerprint density at radius 1 is 1.11 bits per heavy atom. The number of amides is 2. The van der Waals surface area contributed by atoms with Gasteiger partial charge in [-0.1, -0.05) is 60.9 Å². The molecular formula is C19H26N4O3S2. The minimum Gasteiger partial charge on any atom is -0.338 e. The maximum Gasteiger partial charge on any atom is 0.321 e. The Bertz CT molecular complexity index is 862. The van der Waals surface area contributed by atoms with Crippen molar-refractivity contribution in [2.75, 3.05) is 17.6 Å². The molecule has 1 saturated carbocycles. The van der Waals surface area contributed by atoms with Crippen LogP contribution in [0.4, 0.5) is 9.93 Å². The van der Waals surface area contributed by atoms with Crippen LogP contribution in [0.5, 0.6) is 0 Å². The average Bonchev–Trinajstić information content (AvgIpc) is 3.15. The number of urea groups is 1. The molecule has 1 aromatic carbocycles. The number of nitrogens with one attached hydrogen (secondary N) is 2. The zero-order chi connectivity index (χ0) is 19.8. The molecule has 0 aliphatic heterocycles. The van der Waals surface area contributed by atoms with Crippen LogP contribution >= 0.6 is 11.3 Å². The number of nitrogens with zero attached hydrogens (tertiary/aromatic N) is 2. The summed E-state index contributed by atoms with van der Waals surface area (Å²) in [4.78, 5) is 12.0. The third kappa shape index (κ3) is 6.56. The van der Waals surface area contributed by atoms with Gasteiger partial charge >= 0.3 is 6.03 Å². The molecule has 0 bridgehead atoms. The summed E-state index contributed by atoms with van der Waals surface area (Å²) < 4.78 is 24.3. The van der Waals surface area contributed by atoms with Crippen LogP contribution < -0.4 is 10.6 Å². The summed E-state index contributed by atoms with van der Waals surface area (Å²) in [7, 11) is -3.19. The minimum atomic E-state index is -3.19. The average molecular weight is 423 g/mol. The number of hydrogen-bond donors (Lipinski definition) is 2. The van der Waals surface area contributed by atoms with Gasteiger partial charge in [-0.25, -0.2) is 13.2 Å². The highest BCUT2D eigenvalue weighted by Gasteiger charge is 2.20. The van der Waals surface area contributed by atoms with Crippen molar-refractivity contribution >= 4 is 32.3 Å². The van der Waals surface area contributed by atoms with Crippen molar-refractivity contribution in [1.82, 2.24) is 15.5 Å². The van der Waals surface area contributed by atoms with E-state index in [1.165, 1.54) is 30.6 Å². The van der Waals surface area contributed by atoms with E-state index in [-0.39, 0.29) is 24.1 Å². The number of benzene rings is 1. The van der Waals surface area contributed by atoms with Crippen molar-refractivity contribution in [3.8, 4) is 0 Å². The first-order valence-electron chi connectivity index (χ1n) is 9.64. The number of hydrogen-bond acceptors (Lipinski definition) is 6. The summed E-state index contributed by atoms with van der Waals surface area (Å²) in [6.45, 7) is 0.286. The fraction of sp³-hybridized carbons (Fsp3) is 0.526. The number of anilines is 1. The van der Waals surface area contributed by atoms with Gasteiger partial charge in [-0.15, -0.1) is 10.2 Å². The minimum absolute atomic E-state index is 0.0226. The summed E-state index contributed by atoms with van der Waals surface area (Å²) >= 11 is 1.42. The lowest BCUT2D eigenvalue weighted by Crippen LogP contribution is -2.30. The van der Waals surface area contributed by atoms with Gasteiger partial charge in [-0.05, 0) is 24.8 Å². The van der Waals surface area contributed by atoms with Crippen molar-refractivity contribution in [3.63, 3.8) is 0 Å². The molecule has 0 spiro atoms. The summed E-state index contributed by atoms with van der Waals surface area (Å²) in [5.41, 5.74) is 0.776. The first-order chi connectivity index (χ1) is 13.5. The van der Waals surface area contributed by atoms with E-state index in [4.69, 9.17) is 0 Å². The van der Waals surface area contributed by atoms with Gasteiger partial charge in [0.05, 0.1) is 11.5 Å². The Balaban J connectivity index is 1.37. The van der Waals surface area contributed by atoms with E-state index in [1.807, 2.05) is 18.2 Å². The number of carbonyl (C=O) groups is 1. The van der Waals surface area contributed by atoms with Crippen molar-refractivity contribution in [3.05, 3.63) is 40.9 Å². The van der Waals surface area contributed by atoms with Crippen LogP contribution in [0.1, 0.15) is 55.0 Å². The molecule has 152 valence electrons. The van der Waals surface area contributed by atoms with Crippen LogP contribution in [0.3, 0.4) is 0 Å². The molecule has 2 aromatic rings. The Hall–Kier alpha value is -2.00. The lowest BCUT2D eigenvalue weighted by molar-refractivity contribution is 0.252. The molecule has 0 radical (unpaired) electrons. The van der Waals surface area contributed by atoms with Gasteiger partial charge < -0.3 is 5.32 Å². The molecule has 3 rings (SSSR count). The van der Waals surface area contributed by atoms with Crippen LogP contribution in [-0.2, 0) is 15.6 Å². The number of aromatic nitrogens is 2. The quantitative estimate of drug-likeness (QED) is 0.632. The van der Waals surface area contributed by atoms with Crippen LogP contribution in [-0.4, -0.2) is 36.9 Å². The first kappa shape index (κ1) is 20.7. The fourth-order valence-corrected chi connectivity index (χ4v) is 5.67. The van der Waals surface area contributed by atoms with Gasteiger partial charge in [0.25, 0.3) is 0 Å². The van der Waals surface area contributed by atoms with E-state index < -0.39 is 9.84 Å². The van der Waals surface area contributed by atoms with E-state index >= 15 is 0 Å². The Morgan fingerprint density at radius 3 is 2.61 bits per heavy atom. The standard InChI is InChI=1S/C19H26N4O3S2/c24-18(21-19-23-22-17(27-19)16-10-5-2-6-11-16)20-12-7-13-28(25,26)14-15-8-3-1-4-9-15/h1,3-4,8-9,16H,2,5-7,10-14H2,(H2,20,21,23,24). The monoisotopic (exact) mass is 422 g/mol. The molecule has 2 N–H and O–H groups in total. The van der Waals surface area contributed by atoms with E-state index in [0.717, 1.165) is 23.4 Å². The summed E-state index contributed by atoms with van der Waals surface area (Å²) in [5.74, 6) is 0.515. The van der Waals surface area contributed by atoms with Crippen LogP contribution in [0.15, 0.2) is 30.3 Å². The largest absolute Gasteiger partial charge is 0.338 e. The Labute approximate surface area is 169 Å². The highest BCUT2D eigenvalue weighted by atomic mass is 32.2. The number of sulfone groups is 1. The smallest absolute Gasteiger partial charge is 0.321 e. The third-order valence-electron chi connectivity index (χ3n) is 4.76. The molecule has 1 aliphatic rings. The molecule has 28 heavy (non-hydrogen) atoms.